The van der Waals surface area contributed by atoms with E-state index >= 15 is 0 Å². The molecule has 0 saturated carbocycles. The van der Waals surface area contributed by atoms with Crippen LogP contribution in [-0.2, 0) is 5.75 Å². The molecule has 2 atom stereocenters. The molecule has 0 aliphatic carbocycles. The summed E-state index contributed by atoms with van der Waals surface area (Å²) in [6.45, 7) is 5.27. The third kappa shape index (κ3) is 3.01. The largest absolute Gasteiger partial charge is 0.310 e. The van der Waals surface area contributed by atoms with Crippen molar-refractivity contribution in [2.24, 2.45) is 0 Å². The molecule has 1 nitrogen and oxygen atoms in total. The minimum atomic E-state index is -0.126. The van der Waals surface area contributed by atoms with Gasteiger partial charge in [0.15, 0.2) is 0 Å². The Balaban J connectivity index is 2.39. The monoisotopic (exact) mass is 287 g/mol. The highest BCUT2D eigenvalue weighted by molar-refractivity contribution is 7.99. The Morgan fingerprint density at radius 3 is 3.00 bits per heavy atom. The summed E-state index contributed by atoms with van der Waals surface area (Å²) in [4.78, 5) is 0. The molecule has 1 aromatic rings. The molecule has 2 unspecified atom stereocenters. The molecule has 1 heterocycles. The molecule has 0 saturated heterocycles. The van der Waals surface area contributed by atoms with Crippen molar-refractivity contribution in [1.29, 1.82) is 0 Å². The Morgan fingerprint density at radius 1 is 1.50 bits per heavy atom. The van der Waals surface area contributed by atoms with Crippen molar-refractivity contribution >= 4 is 23.4 Å². The molecule has 0 spiro atoms. The number of benzene rings is 1. The van der Waals surface area contributed by atoms with E-state index in [0.717, 1.165) is 30.5 Å². The molecular formula is C14H19ClFNS. The van der Waals surface area contributed by atoms with Crippen LogP contribution in [-0.4, -0.2) is 11.8 Å². The van der Waals surface area contributed by atoms with Gasteiger partial charge in [0, 0.05) is 27.6 Å². The van der Waals surface area contributed by atoms with Crippen LogP contribution in [0.3, 0.4) is 0 Å². The van der Waals surface area contributed by atoms with Gasteiger partial charge in [0.2, 0.25) is 0 Å². The Kier molecular flexibility index (Phi) is 4.93. The summed E-state index contributed by atoms with van der Waals surface area (Å²) < 4.78 is 14.0. The Hall–Kier alpha value is -0.250. The minimum absolute atomic E-state index is 0.126. The smallest absolute Gasteiger partial charge is 0.127 e. The van der Waals surface area contributed by atoms with Crippen LogP contribution in [0, 0.1) is 5.82 Å². The highest BCUT2D eigenvalue weighted by atomic mass is 35.5. The fourth-order valence-electron chi connectivity index (χ4n) is 2.38. The van der Waals surface area contributed by atoms with Crippen LogP contribution in [0.2, 0.25) is 5.02 Å². The number of rotatable bonds is 3. The highest BCUT2D eigenvalue weighted by Crippen LogP contribution is 2.39. The molecule has 0 fully saturated rings. The van der Waals surface area contributed by atoms with Crippen molar-refractivity contribution in [3.63, 3.8) is 0 Å². The summed E-state index contributed by atoms with van der Waals surface area (Å²) >= 11 is 8.10. The zero-order valence-electron chi connectivity index (χ0n) is 10.8. The van der Waals surface area contributed by atoms with Crippen LogP contribution in [0.15, 0.2) is 12.1 Å². The maximum atomic E-state index is 14.0. The molecule has 1 aromatic carbocycles. The minimum Gasteiger partial charge on any atom is -0.310 e. The molecule has 1 aliphatic rings. The lowest BCUT2D eigenvalue weighted by molar-refractivity contribution is 0.495. The highest BCUT2D eigenvalue weighted by Gasteiger charge is 2.26. The summed E-state index contributed by atoms with van der Waals surface area (Å²) in [6.07, 6.45) is 2.07. The summed E-state index contributed by atoms with van der Waals surface area (Å²) in [5.74, 6) is 0.590. The van der Waals surface area contributed by atoms with E-state index in [1.807, 2.05) is 0 Å². The standard InChI is InChI=1S/C14H19ClFNS/c1-3-6-17-13-7-9(2)18-8-10-12(16)5-4-11(15)14(10)13/h4-5,9,13,17H,3,6-8H2,1-2H3. The van der Waals surface area contributed by atoms with Gasteiger partial charge in [0.1, 0.15) is 5.82 Å². The molecule has 0 radical (unpaired) electrons. The van der Waals surface area contributed by atoms with Crippen molar-refractivity contribution < 1.29 is 4.39 Å². The molecule has 0 aromatic heterocycles. The predicted molar refractivity (Wildman–Crippen MR) is 77.8 cm³/mol. The number of halogens is 2. The molecule has 18 heavy (non-hydrogen) atoms. The van der Waals surface area contributed by atoms with Crippen molar-refractivity contribution in [2.45, 2.75) is 43.7 Å². The first-order valence-electron chi connectivity index (χ1n) is 6.45. The predicted octanol–water partition coefficient (Wildman–Crippen LogP) is 4.55. The van der Waals surface area contributed by atoms with Crippen LogP contribution in [0.25, 0.3) is 0 Å². The number of thioether (sulfide) groups is 1. The van der Waals surface area contributed by atoms with Gasteiger partial charge in [-0.3, -0.25) is 0 Å². The molecule has 1 aliphatic heterocycles. The van der Waals surface area contributed by atoms with Crippen LogP contribution in [0.4, 0.5) is 4.39 Å². The Morgan fingerprint density at radius 2 is 2.28 bits per heavy atom. The number of nitrogens with one attached hydrogen (secondary N) is 1. The fourth-order valence-corrected chi connectivity index (χ4v) is 3.76. The number of fused-ring (bicyclic) bond motifs is 1. The summed E-state index contributed by atoms with van der Waals surface area (Å²) in [5.41, 5.74) is 1.76. The second-order valence-corrected chi connectivity index (χ2v) is 6.62. The van der Waals surface area contributed by atoms with E-state index in [1.54, 1.807) is 17.8 Å². The first-order valence-corrected chi connectivity index (χ1v) is 7.88. The zero-order chi connectivity index (χ0) is 13.1. The fraction of sp³-hybridized carbons (Fsp3) is 0.571. The molecular weight excluding hydrogens is 269 g/mol. The second kappa shape index (κ2) is 6.27. The van der Waals surface area contributed by atoms with Gasteiger partial charge >= 0.3 is 0 Å². The van der Waals surface area contributed by atoms with Crippen LogP contribution >= 0.6 is 23.4 Å². The second-order valence-electron chi connectivity index (χ2n) is 4.79. The van der Waals surface area contributed by atoms with Gasteiger partial charge in [0.05, 0.1) is 0 Å². The van der Waals surface area contributed by atoms with E-state index in [-0.39, 0.29) is 11.9 Å². The van der Waals surface area contributed by atoms with Gasteiger partial charge in [0.25, 0.3) is 0 Å². The summed E-state index contributed by atoms with van der Waals surface area (Å²) in [7, 11) is 0. The van der Waals surface area contributed by atoms with Gasteiger partial charge in [-0.15, -0.1) is 0 Å². The lowest BCUT2D eigenvalue weighted by Gasteiger charge is -2.21. The number of hydrogen-bond acceptors (Lipinski definition) is 2. The first-order chi connectivity index (χ1) is 8.63. The average Bonchev–Trinajstić information content (AvgIpc) is 2.51. The lowest BCUT2D eigenvalue weighted by atomic mass is 9.97. The van der Waals surface area contributed by atoms with Crippen molar-refractivity contribution in [2.75, 3.05) is 6.54 Å². The van der Waals surface area contributed by atoms with Crippen molar-refractivity contribution in [3.05, 3.63) is 34.1 Å². The van der Waals surface area contributed by atoms with E-state index in [1.165, 1.54) is 6.07 Å². The molecule has 100 valence electrons. The number of hydrogen-bond donors (Lipinski definition) is 1. The third-order valence-corrected chi connectivity index (χ3v) is 4.86. The summed E-state index contributed by atoms with van der Waals surface area (Å²) in [5, 5.41) is 4.71. The Labute approximate surface area is 117 Å². The maximum absolute atomic E-state index is 14.0. The van der Waals surface area contributed by atoms with Crippen LogP contribution in [0.1, 0.15) is 43.9 Å². The molecule has 0 amide bonds. The first kappa shape index (κ1) is 14.2. The molecule has 2 rings (SSSR count). The van der Waals surface area contributed by atoms with Gasteiger partial charge < -0.3 is 5.32 Å². The van der Waals surface area contributed by atoms with Crippen molar-refractivity contribution in [1.82, 2.24) is 5.32 Å². The van der Waals surface area contributed by atoms with E-state index in [0.29, 0.717) is 16.0 Å². The normalized spacial score (nSPS) is 23.6. The van der Waals surface area contributed by atoms with Crippen LogP contribution in [0.5, 0.6) is 0 Å². The summed E-state index contributed by atoms with van der Waals surface area (Å²) in [6, 6.07) is 3.33. The van der Waals surface area contributed by atoms with Gasteiger partial charge in [-0.2, -0.15) is 11.8 Å². The zero-order valence-corrected chi connectivity index (χ0v) is 12.4. The molecule has 0 bridgehead atoms. The lowest BCUT2D eigenvalue weighted by Crippen LogP contribution is -2.24. The van der Waals surface area contributed by atoms with Gasteiger partial charge in [-0.1, -0.05) is 25.4 Å². The van der Waals surface area contributed by atoms with Crippen LogP contribution < -0.4 is 5.32 Å². The average molecular weight is 288 g/mol. The molecule has 4 heteroatoms. The van der Waals surface area contributed by atoms with E-state index < -0.39 is 0 Å². The Bertz CT molecular complexity index is 425. The van der Waals surface area contributed by atoms with Gasteiger partial charge in [-0.05, 0) is 37.1 Å². The maximum Gasteiger partial charge on any atom is 0.127 e. The van der Waals surface area contributed by atoms with E-state index in [2.05, 4.69) is 19.2 Å². The SMILES string of the molecule is CCCNC1CC(C)SCc2c(F)ccc(Cl)c21. The quantitative estimate of drug-likeness (QED) is 0.875. The molecule has 1 N–H and O–H groups in total. The van der Waals surface area contributed by atoms with E-state index in [9.17, 15) is 4.39 Å². The third-order valence-electron chi connectivity index (χ3n) is 3.32. The van der Waals surface area contributed by atoms with Gasteiger partial charge in [-0.25, -0.2) is 4.39 Å². The van der Waals surface area contributed by atoms with Crippen molar-refractivity contribution in [3.8, 4) is 0 Å². The topological polar surface area (TPSA) is 12.0 Å². The van der Waals surface area contributed by atoms with E-state index in [4.69, 9.17) is 11.6 Å².